The van der Waals surface area contributed by atoms with Gasteiger partial charge >= 0.3 is 23.8 Å². The van der Waals surface area contributed by atoms with Crippen LogP contribution in [0.4, 0.5) is 11.4 Å². The van der Waals surface area contributed by atoms with Crippen molar-refractivity contribution in [3.8, 4) is 0 Å². The third kappa shape index (κ3) is 4.94. The number of carbonyl (C=O) groups is 4. The molecule has 0 aliphatic rings. The summed E-state index contributed by atoms with van der Waals surface area (Å²) in [5, 5.41) is 4.83. The van der Waals surface area contributed by atoms with Crippen LogP contribution in [0.3, 0.4) is 0 Å². The number of hydrogen-bond donors (Lipinski definition) is 2. The van der Waals surface area contributed by atoms with E-state index in [0.29, 0.717) is 5.69 Å². The number of ether oxygens (including phenoxy) is 2. The quantitative estimate of drug-likeness (QED) is 0.619. The van der Waals surface area contributed by atoms with Gasteiger partial charge in [0.05, 0.1) is 31.0 Å². The van der Waals surface area contributed by atoms with E-state index in [1.54, 1.807) is 12.1 Å². The van der Waals surface area contributed by atoms with Gasteiger partial charge in [-0.2, -0.15) is 0 Å². The number of aryl methyl sites for hydroxylation is 2. The minimum Gasteiger partial charge on any atom is -0.465 e. The van der Waals surface area contributed by atoms with Crippen molar-refractivity contribution >= 4 is 35.1 Å². The number of rotatable bonds is 4. The lowest BCUT2D eigenvalue weighted by molar-refractivity contribution is -0.133. The van der Waals surface area contributed by atoms with E-state index in [9.17, 15) is 19.2 Å². The molecular weight excluding hydrogens is 364 g/mol. The summed E-state index contributed by atoms with van der Waals surface area (Å²) < 4.78 is 9.29. The van der Waals surface area contributed by atoms with Gasteiger partial charge in [0.2, 0.25) is 0 Å². The maximum absolute atomic E-state index is 12.3. The van der Waals surface area contributed by atoms with Gasteiger partial charge in [0.1, 0.15) is 0 Å². The minimum absolute atomic E-state index is 0.0114. The van der Waals surface area contributed by atoms with Gasteiger partial charge in [-0.25, -0.2) is 9.59 Å². The molecule has 2 N–H and O–H groups in total. The molecule has 28 heavy (non-hydrogen) atoms. The molecule has 2 amide bonds. The Hall–Kier alpha value is -3.68. The maximum atomic E-state index is 12.3. The Morgan fingerprint density at radius 1 is 0.750 bits per heavy atom. The van der Waals surface area contributed by atoms with Crippen LogP contribution < -0.4 is 10.6 Å². The molecule has 2 aromatic rings. The molecule has 2 aromatic carbocycles. The van der Waals surface area contributed by atoms with Crippen molar-refractivity contribution < 1.29 is 28.7 Å². The van der Waals surface area contributed by atoms with Gasteiger partial charge in [0, 0.05) is 5.69 Å². The molecule has 0 aromatic heterocycles. The molecule has 0 bridgehead atoms. The van der Waals surface area contributed by atoms with Crippen molar-refractivity contribution in [2.45, 2.75) is 13.8 Å². The predicted molar refractivity (Wildman–Crippen MR) is 102 cm³/mol. The fourth-order valence-electron chi connectivity index (χ4n) is 2.59. The molecule has 0 atom stereocenters. The predicted octanol–water partition coefficient (Wildman–Crippen LogP) is 2.45. The lowest BCUT2D eigenvalue weighted by Gasteiger charge is -2.12. The van der Waals surface area contributed by atoms with Crippen molar-refractivity contribution in [3.05, 3.63) is 58.7 Å². The van der Waals surface area contributed by atoms with Gasteiger partial charge in [-0.05, 0) is 55.3 Å². The Labute approximate surface area is 161 Å². The number of hydrogen-bond acceptors (Lipinski definition) is 6. The molecule has 8 heteroatoms. The number of nitrogens with one attached hydrogen (secondary N) is 2. The second kappa shape index (κ2) is 8.81. The van der Waals surface area contributed by atoms with E-state index in [4.69, 9.17) is 0 Å². The van der Waals surface area contributed by atoms with Gasteiger partial charge in [0.15, 0.2) is 0 Å². The standard InChI is InChI=1S/C20H20N2O6/c1-11-7-12(2)9-14(8-11)21-17(23)18(24)22-16-10-13(19(25)27-3)5-6-15(16)20(26)28-4/h5-10H,1-4H3,(H,21,23)(H,22,24). The molecule has 0 aliphatic heterocycles. The first-order valence-electron chi connectivity index (χ1n) is 8.26. The number of benzene rings is 2. The SMILES string of the molecule is COC(=O)c1ccc(C(=O)OC)c(NC(=O)C(=O)Nc2cc(C)cc(C)c2)c1. The summed E-state index contributed by atoms with van der Waals surface area (Å²) in [5.74, 6) is -3.33. The van der Waals surface area contributed by atoms with E-state index in [-0.39, 0.29) is 16.8 Å². The molecule has 8 nitrogen and oxygen atoms in total. The number of anilines is 2. The topological polar surface area (TPSA) is 111 Å². The van der Waals surface area contributed by atoms with E-state index in [0.717, 1.165) is 11.1 Å². The summed E-state index contributed by atoms with van der Waals surface area (Å²) in [6.07, 6.45) is 0. The van der Waals surface area contributed by atoms with Gasteiger partial charge in [0.25, 0.3) is 0 Å². The van der Waals surface area contributed by atoms with Crippen LogP contribution >= 0.6 is 0 Å². The number of amides is 2. The van der Waals surface area contributed by atoms with Gasteiger partial charge in [-0.15, -0.1) is 0 Å². The minimum atomic E-state index is -1.01. The van der Waals surface area contributed by atoms with Crippen molar-refractivity contribution in [2.24, 2.45) is 0 Å². The first-order chi connectivity index (χ1) is 13.2. The molecule has 0 saturated heterocycles. The van der Waals surface area contributed by atoms with Crippen LogP contribution in [0.2, 0.25) is 0 Å². The molecule has 2 rings (SSSR count). The van der Waals surface area contributed by atoms with E-state index >= 15 is 0 Å². The summed E-state index contributed by atoms with van der Waals surface area (Å²) in [4.78, 5) is 48.2. The van der Waals surface area contributed by atoms with Gasteiger partial charge in [-0.1, -0.05) is 6.07 Å². The summed E-state index contributed by atoms with van der Waals surface area (Å²) in [6.45, 7) is 3.73. The fraction of sp³-hybridized carbons (Fsp3) is 0.200. The highest BCUT2D eigenvalue weighted by Crippen LogP contribution is 2.20. The summed E-state index contributed by atoms with van der Waals surface area (Å²) >= 11 is 0. The molecule has 0 aliphatic carbocycles. The highest BCUT2D eigenvalue weighted by atomic mass is 16.5. The van der Waals surface area contributed by atoms with Crippen molar-refractivity contribution in [2.75, 3.05) is 24.9 Å². The van der Waals surface area contributed by atoms with Crippen LogP contribution in [0.5, 0.6) is 0 Å². The van der Waals surface area contributed by atoms with Gasteiger partial charge < -0.3 is 20.1 Å². The molecule has 146 valence electrons. The Bertz CT molecular complexity index is 931. The number of carbonyl (C=O) groups excluding carboxylic acids is 4. The van der Waals surface area contributed by atoms with Crippen LogP contribution in [-0.2, 0) is 19.1 Å². The van der Waals surface area contributed by atoms with E-state index < -0.39 is 23.8 Å². The number of methoxy groups -OCH3 is 2. The Morgan fingerprint density at radius 3 is 1.89 bits per heavy atom. The molecule has 0 radical (unpaired) electrons. The zero-order valence-electron chi connectivity index (χ0n) is 15.9. The van der Waals surface area contributed by atoms with Crippen LogP contribution in [0.15, 0.2) is 36.4 Å². The Kier molecular flexibility index (Phi) is 6.49. The first-order valence-corrected chi connectivity index (χ1v) is 8.26. The van der Waals surface area contributed by atoms with E-state index in [2.05, 4.69) is 20.1 Å². The zero-order chi connectivity index (χ0) is 20.8. The molecule has 0 heterocycles. The summed E-state index contributed by atoms with van der Waals surface area (Å²) in [6, 6.07) is 9.25. The largest absolute Gasteiger partial charge is 0.465 e. The highest BCUT2D eigenvalue weighted by Gasteiger charge is 2.20. The summed E-state index contributed by atoms with van der Waals surface area (Å²) in [7, 11) is 2.38. The van der Waals surface area contributed by atoms with E-state index in [1.165, 1.54) is 32.4 Å². The van der Waals surface area contributed by atoms with Crippen molar-refractivity contribution in [1.29, 1.82) is 0 Å². The van der Waals surface area contributed by atoms with Crippen LogP contribution in [0, 0.1) is 13.8 Å². The highest BCUT2D eigenvalue weighted by molar-refractivity contribution is 6.44. The third-order valence-electron chi connectivity index (χ3n) is 3.78. The number of esters is 2. The van der Waals surface area contributed by atoms with Gasteiger partial charge in [-0.3, -0.25) is 9.59 Å². The van der Waals surface area contributed by atoms with Crippen LogP contribution in [0.25, 0.3) is 0 Å². The second-order valence-electron chi connectivity index (χ2n) is 6.03. The zero-order valence-corrected chi connectivity index (χ0v) is 15.9. The lowest BCUT2D eigenvalue weighted by Crippen LogP contribution is -2.30. The fourth-order valence-corrected chi connectivity index (χ4v) is 2.59. The normalized spacial score (nSPS) is 10.0. The first kappa shape index (κ1) is 20.6. The average molecular weight is 384 g/mol. The van der Waals surface area contributed by atoms with E-state index in [1.807, 2.05) is 19.9 Å². The molecule has 0 fully saturated rings. The average Bonchev–Trinajstić information content (AvgIpc) is 2.65. The monoisotopic (exact) mass is 384 g/mol. The second-order valence-corrected chi connectivity index (χ2v) is 6.03. The Balaban J connectivity index is 2.26. The maximum Gasteiger partial charge on any atom is 0.339 e. The summed E-state index contributed by atoms with van der Waals surface area (Å²) in [5.41, 5.74) is 2.36. The van der Waals surface area contributed by atoms with Crippen molar-refractivity contribution in [1.82, 2.24) is 0 Å². The lowest BCUT2D eigenvalue weighted by atomic mass is 10.1. The van der Waals surface area contributed by atoms with Crippen LogP contribution in [-0.4, -0.2) is 38.0 Å². The molecule has 0 spiro atoms. The molecule has 0 saturated carbocycles. The van der Waals surface area contributed by atoms with Crippen LogP contribution in [0.1, 0.15) is 31.8 Å². The van der Waals surface area contributed by atoms with Crippen molar-refractivity contribution in [3.63, 3.8) is 0 Å². The molecular formula is C20H20N2O6. The Morgan fingerprint density at radius 2 is 1.32 bits per heavy atom. The third-order valence-corrected chi connectivity index (χ3v) is 3.78. The smallest absolute Gasteiger partial charge is 0.339 e. The molecule has 0 unspecified atom stereocenters.